The van der Waals surface area contributed by atoms with Gasteiger partial charge in [0.15, 0.2) is 16.7 Å². The molecule has 1 aliphatic rings. The van der Waals surface area contributed by atoms with E-state index in [-0.39, 0.29) is 11.5 Å². The molecule has 4 nitrogen and oxygen atoms in total. The zero-order valence-corrected chi connectivity index (χ0v) is 14.6. The minimum Gasteiger partial charge on any atom is -0.478 e. The fourth-order valence-corrected chi connectivity index (χ4v) is 3.24. The van der Waals surface area contributed by atoms with Gasteiger partial charge in [-0.25, -0.2) is 8.60 Å². The molecule has 1 aliphatic heterocycles. The van der Waals surface area contributed by atoms with Gasteiger partial charge in [0.05, 0.1) is 11.3 Å². The molecule has 25 heavy (non-hydrogen) atoms. The number of carbonyl (C=O) groups is 1. The maximum absolute atomic E-state index is 13.6. The fourth-order valence-electron chi connectivity index (χ4n) is 2.76. The van der Waals surface area contributed by atoms with Crippen molar-refractivity contribution in [2.24, 2.45) is 0 Å². The van der Waals surface area contributed by atoms with E-state index in [0.717, 1.165) is 0 Å². The van der Waals surface area contributed by atoms with Gasteiger partial charge in [0, 0.05) is 5.56 Å². The van der Waals surface area contributed by atoms with Crippen molar-refractivity contribution in [3.05, 3.63) is 71.0 Å². The average Bonchev–Trinajstić information content (AvgIpc) is 2.78. The van der Waals surface area contributed by atoms with Crippen LogP contribution in [0, 0.1) is 5.82 Å². The fraction of sp³-hybridized carbons (Fsp3) is 0.211. The summed E-state index contributed by atoms with van der Waals surface area (Å²) in [6.07, 6.45) is 0. The van der Waals surface area contributed by atoms with E-state index < -0.39 is 22.5 Å². The second-order valence-corrected chi connectivity index (χ2v) is 7.25. The van der Waals surface area contributed by atoms with Crippen molar-refractivity contribution in [2.75, 3.05) is 0 Å². The summed E-state index contributed by atoms with van der Waals surface area (Å²) in [5.74, 6) is -0.227. The Morgan fingerprint density at radius 1 is 1.12 bits per heavy atom. The summed E-state index contributed by atoms with van der Waals surface area (Å²) in [6, 6.07) is 12.7. The lowest BCUT2D eigenvalue weighted by Gasteiger charge is -2.18. The first-order valence-electron chi connectivity index (χ1n) is 7.69. The van der Waals surface area contributed by atoms with Crippen molar-refractivity contribution in [3.63, 3.8) is 0 Å². The molecule has 0 radical (unpaired) electrons. The average molecular weight is 360 g/mol. The predicted octanol–water partition coefficient (Wildman–Crippen LogP) is 3.79. The van der Waals surface area contributed by atoms with Crippen LogP contribution < -0.4 is 0 Å². The first-order valence-corrected chi connectivity index (χ1v) is 8.96. The molecule has 0 aliphatic carbocycles. The van der Waals surface area contributed by atoms with Gasteiger partial charge in [-0.05, 0) is 37.1 Å². The summed E-state index contributed by atoms with van der Waals surface area (Å²) >= 11 is -1.92. The number of benzene rings is 2. The standard InChI is InChI=1S/C19H17FO4S/c1-19(2)18(21)16(14-4-3-5-15(20)10-14)17(24-19)13-8-6-12(7-9-13)11-25(22)23/h3-10H,11H2,1-2H3,(H,22,23). The number of halogens is 1. The van der Waals surface area contributed by atoms with E-state index in [9.17, 15) is 13.4 Å². The first-order chi connectivity index (χ1) is 11.8. The number of ketones is 1. The molecular weight excluding hydrogens is 343 g/mol. The Morgan fingerprint density at radius 2 is 1.80 bits per heavy atom. The Hall–Kier alpha value is -2.31. The lowest BCUT2D eigenvalue weighted by molar-refractivity contribution is -0.125. The van der Waals surface area contributed by atoms with E-state index >= 15 is 0 Å². The highest BCUT2D eigenvalue weighted by Crippen LogP contribution is 2.41. The number of hydrogen-bond acceptors (Lipinski definition) is 3. The molecule has 1 heterocycles. The number of carbonyl (C=O) groups excluding carboxylic acids is 1. The van der Waals surface area contributed by atoms with Crippen LogP contribution in [0.5, 0.6) is 0 Å². The third-order valence-corrected chi connectivity index (χ3v) is 4.56. The van der Waals surface area contributed by atoms with Crippen LogP contribution in [0.15, 0.2) is 48.5 Å². The number of Topliss-reactive ketones (excluding diaryl/α,β-unsaturated/α-hetero) is 1. The van der Waals surface area contributed by atoms with Crippen molar-refractivity contribution in [1.82, 2.24) is 0 Å². The summed E-state index contributed by atoms with van der Waals surface area (Å²) in [7, 11) is 0. The van der Waals surface area contributed by atoms with E-state index in [4.69, 9.17) is 9.29 Å². The third-order valence-electron chi connectivity index (χ3n) is 3.98. The molecular formula is C19H17FO4S. The van der Waals surface area contributed by atoms with E-state index in [0.29, 0.717) is 28.0 Å². The molecule has 0 spiro atoms. The van der Waals surface area contributed by atoms with Crippen LogP contribution >= 0.6 is 0 Å². The van der Waals surface area contributed by atoms with Crippen molar-refractivity contribution in [3.8, 4) is 0 Å². The van der Waals surface area contributed by atoms with Crippen molar-refractivity contribution in [2.45, 2.75) is 25.2 Å². The van der Waals surface area contributed by atoms with Crippen molar-refractivity contribution in [1.29, 1.82) is 0 Å². The largest absolute Gasteiger partial charge is 0.478 e. The lowest BCUT2D eigenvalue weighted by atomic mass is 9.92. The van der Waals surface area contributed by atoms with Gasteiger partial charge in [-0.3, -0.25) is 4.79 Å². The number of rotatable bonds is 4. The third kappa shape index (κ3) is 3.55. The van der Waals surface area contributed by atoms with Gasteiger partial charge in [-0.1, -0.05) is 36.4 Å². The molecule has 6 heteroatoms. The normalized spacial score (nSPS) is 17.5. The Balaban J connectivity index is 2.09. The van der Waals surface area contributed by atoms with Crippen molar-refractivity contribution < 1.29 is 22.7 Å². The van der Waals surface area contributed by atoms with Crippen LogP contribution in [0.3, 0.4) is 0 Å². The highest BCUT2D eigenvalue weighted by Gasteiger charge is 2.42. The minimum absolute atomic E-state index is 0.0291. The number of ether oxygens (including phenoxy) is 1. The molecule has 0 saturated carbocycles. The summed E-state index contributed by atoms with van der Waals surface area (Å²) in [6.45, 7) is 3.34. The molecule has 2 aromatic rings. The Labute approximate surface area is 147 Å². The molecule has 1 N–H and O–H groups in total. The van der Waals surface area contributed by atoms with Crippen LogP contribution in [0.1, 0.15) is 30.5 Å². The highest BCUT2D eigenvalue weighted by molar-refractivity contribution is 7.78. The summed E-state index contributed by atoms with van der Waals surface area (Å²) in [4.78, 5) is 12.8. The topological polar surface area (TPSA) is 63.6 Å². The van der Waals surface area contributed by atoms with Gasteiger partial charge in [0.1, 0.15) is 11.6 Å². The van der Waals surface area contributed by atoms with Crippen LogP contribution in [0.2, 0.25) is 0 Å². The highest BCUT2D eigenvalue weighted by atomic mass is 32.2. The molecule has 0 amide bonds. The first kappa shape index (κ1) is 17.5. The molecule has 2 aromatic carbocycles. The summed E-state index contributed by atoms with van der Waals surface area (Å²) in [5.41, 5.74) is 1.11. The molecule has 0 aromatic heterocycles. The van der Waals surface area contributed by atoms with E-state index in [1.54, 1.807) is 50.2 Å². The lowest BCUT2D eigenvalue weighted by Crippen LogP contribution is -2.29. The molecule has 3 rings (SSSR count). The SMILES string of the molecule is CC1(C)OC(c2ccc(CS(=O)O)cc2)=C(c2cccc(F)c2)C1=O. The second-order valence-electron chi connectivity index (χ2n) is 6.32. The van der Waals surface area contributed by atoms with Crippen LogP contribution in [-0.2, 0) is 26.4 Å². The second kappa shape index (κ2) is 6.54. The Morgan fingerprint density at radius 3 is 2.40 bits per heavy atom. The zero-order valence-electron chi connectivity index (χ0n) is 13.8. The molecule has 1 unspecified atom stereocenters. The molecule has 130 valence electrons. The number of hydrogen-bond donors (Lipinski definition) is 1. The van der Waals surface area contributed by atoms with Gasteiger partial charge in [-0.2, -0.15) is 0 Å². The Bertz CT molecular complexity index is 885. The van der Waals surface area contributed by atoms with Crippen LogP contribution in [-0.4, -0.2) is 20.1 Å². The minimum atomic E-state index is -1.92. The van der Waals surface area contributed by atoms with Gasteiger partial charge < -0.3 is 9.29 Å². The van der Waals surface area contributed by atoms with Gasteiger partial charge >= 0.3 is 0 Å². The summed E-state index contributed by atoms with van der Waals surface area (Å²) < 4.78 is 39.4. The van der Waals surface area contributed by atoms with Crippen LogP contribution in [0.4, 0.5) is 4.39 Å². The van der Waals surface area contributed by atoms with E-state index in [1.165, 1.54) is 12.1 Å². The molecule has 0 saturated heterocycles. The van der Waals surface area contributed by atoms with Gasteiger partial charge in [0.2, 0.25) is 5.78 Å². The van der Waals surface area contributed by atoms with Gasteiger partial charge in [-0.15, -0.1) is 0 Å². The quantitative estimate of drug-likeness (QED) is 0.843. The molecule has 1 atom stereocenters. The van der Waals surface area contributed by atoms with Gasteiger partial charge in [0.25, 0.3) is 0 Å². The predicted molar refractivity (Wildman–Crippen MR) is 94.3 cm³/mol. The zero-order chi connectivity index (χ0) is 18.2. The van der Waals surface area contributed by atoms with E-state index in [1.807, 2.05) is 0 Å². The maximum atomic E-state index is 13.6. The molecule has 0 fully saturated rings. The monoisotopic (exact) mass is 360 g/mol. The summed E-state index contributed by atoms with van der Waals surface area (Å²) in [5, 5.41) is 0. The van der Waals surface area contributed by atoms with Crippen LogP contribution in [0.25, 0.3) is 11.3 Å². The maximum Gasteiger partial charge on any atom is 0.210 e. The van der Waals surface area contributed by atoms with Crippen molar-refractivity contribution >= 4 is 28.2 Å². The molecule has 0 bridgehead atoms. The van der Waals surface area contributed by atoms with E-state index in [2.05, 4.69) is 0 Å². The smallest absolute Gasteiger partial charge is 0.210 e. The Kier molecular flexibility index (Phi) is 4.58.